The Bertz CT molecular complexity index is 156. The van der Waals surface area contributed by atoms with E-state index >= 15 is 0 Å². The first kappa shape index (κ1) is 13.4. The third kappa shape index (κ3) is 7.24. The van der Waals surface area contributed by atoms with Gasteiger partial charge < -0.3 is 5.32 Å². The smallest absolute Gasteiger partial charge is 0.00755 e. The maximum Gasteiger partial charge on any atom is 0.00755 e. The summed E-state index contributed by atoms with van der Waals surface area (Å²) in [6.07, 6.45) is 7.31. The molecule has 0 saturated heterocycles. The summed E-state index contributed by atoms with van der Waals surface area (Å²) >= 11 is 2.06. The van der Waals surface area contributed by atoms with Gasteiger partial charge in [0.25, 0.3) is 0 Å². The molecular formula is C13H27NS. The molecule has 0 unspecified atom stereocenters. The molecule has 0 aromatic carbocycles. The molecule has 1 nitrogen and oxygen atoms in total. The van der Waals surface area contributed by atoms with Crippen molar-refractivity contribution in [3.05, 3.63) is 0 Å². The molecule has 0 amide bonds. The zero-order valence-corrected chi connectivity index (χ0v) is 11.5. The van der Waals surface area contributed by atoms with Gasteiger partial charge in [-0.25, -0.2) is 0 Å². The molecule has 1 aliphatic carbocycles. The Balaban J connectivity index is 1.92. The van der Waals surface area contributed by atoms with Crippen LogP contribution in [0.1, 0.15) is 52.9 Å². The number of hydrogen-bond donors (Lipinski definition) is 1. The van der Waals surface area contributed by atoms with Gasteiger partial charge in [-0.15, -0.1) is 0 Å². The quantitative estimate of drug-likeness (QED) is 0.722. The van der Waals surface area contributed by atoms with Crippen molar-refractivity contribution in [1.29, 1.82) is 0 Å². The Labute approximate surface area is 99.8 Å². The molecule has 0 atom stereocenters. The molecule has 15 heavy (non-hydrogen) atoms. The molecule has 0 aromatic rings. The normalized spacial score (nSPS) is 19.4. The van der Waals surface area contributed by atoms with Crippen molar-refractivity contribution in [1.82, 2.24) is 5.32 Å². The third-order valence-corrected chi connectivity index (χ3v) is 4.25. The second-order valence-electron chi connectivity index (χ2n) is 5.67. The fraction of sp³-hybridized carbons (Fsp3) is 1.00. The highest BCUT2D eigenvalue weighted by atomic mass is 32.2. The van der Waals surface area contributed by atoms with Crippen molar-refractivity contribution in [2.45, 2.75) is 57.6 Å². The van der Waals surface area contributed by atoms with E-state index in [0.717, 1.165) is 5.92 Å². The monoisotopic (exact) mass is 229 g/mol. The van der Waals surface area contributed by atoms with Gasteiger partial charge in [0.15, 0.2) is 0 Å². The first-order chi connectivity index (χ1) is 7.08. The van der Waals surface area contributed by atoms with Gasteiger partial charge in [-0.2, -0.15) is 11.8 Å². The predicted molar refractivity (Wildman–Crippen MR) is 71.7 cm³/mol. The first-order valence-corrected chi connectivity index (χ1v) is 7.41. The van der Waals surface area contributed by atoms with Gasteiger partial charge in [0.2, 0.25) is 0 Å². The summed E-state index contributed by atoms with van der Waals surface area (Å²) in [6.45, 7) is 9.31. The highest BCUT2D eigenvalue weighted by Crippen LogP contribution is 2.23. The average molecular weight is 229 g/mol. The van der Waals surface area contributed by atoms with Crippen molar-refractivity contribution in [2.75, 3.05) is 18.8 Å². The molecule has 1 saturated carbocycles. The van der Waals surface area contributed by atoms with E-state index < -0.39 is 0 Å². The van der Waals surface area contributed by atoms with Crippen LogP contribution in [0.5, 0.6) is 0 Å². The lowest BCUT2D eigenvalue weighted by Crippen LogP contribution is -2.27. The second-order valence-corrected chi connectivity index (χ2v) is 7.59. The first-order valence-electron chi connectivity index (χ1n) is 6.42. The second kappa shape index (κ2) is 6.80. The Morgan fingerprint density at radius 1 is 1.13 bits per heavy atom. The Hall–Kier alpha value is 0.310. The molecule has 90 valence electrons. The SMILES string of the molecule is CC(C)(C)SCCNCC1CCCCC1. The molecule has 0 heterocycles. The van der Waals surface area contributed by atoms with E-state index in [2.05, 4.69) is 37.8 Å². The van der Waals surface area contributed by atoms with Crippen molar-refractivity contribution in [3.8, 4) is 0 Å². The number of hydrogen-bond acceptors (Lipinski definition) is 2. The van der Waals surface area contributed by atoms with Gasteiger partial charge >= 0.3 is 0 Å². The zero-order chi connectivity index (χ0) is 11.1. The van der Waals surface area contributed by atoms with Crippen molar-refractivity contribution in [2.24, 2.45) is 5.92 Å². The molecule has 1 aliphatic rings. The van der Waals surface area contributed by atoms with Gasteiger partial charge in [-0.3, -0.25) is 0 Å². The van der Waals surface area contributed by atoms with E-state index in [1.54, 1.807) is 0 Å². The maximum atomic E-state index is 3.61. The Kier molecular flexibility index (Phi) is 6.06. The van der Waals surface area contributed by atoms with E-state index in [0.29, 0.717) is 4.75 Å². The van der Waals surface area contributed by atoms with E-state index in [1.165, 1.54) is 50.9 Å². The third-order valence-electron chi connectivity index (χ3n) is 2.97. The molecule has 1 fully saturated rings. The minimum Gasteiger partial charge on any atom is -0.316 e. The van der Waals surface area contributed by atoms with Crippen molar-refractivity contribution in [3.63, 3.8) is 0 Å². The van der Waals surface area contributed by atoms with Crippen LogP contribution >= 0.6 is 11.8 Å². The van der Waals surface area contributed by atoms with E-state index in [4.69, 9.17) is 0 Å². The molecule has 2 heteroatoms. The number of nitrogens with one attached hydrogen (secondary N) is 1. The zero-order valence-electron chi connectivity index (χ0n) is 10.6. The Morgan fingerprint density at radius 3 is 2.40 bits per heavy atom. The van der Waals surface area contributed by atoms with Crippen LogP contribution in [0.3, 0.4) is 0 Å². The van der Waals surface area contributed by atoms with Crippen molar-refractivity contribution < 1.29 is 0 Å². The van der Waals surface area contributed by atoms with E-state index in [9.17, 15) is 0 Å². The summed E-state index contributed by atoms with van der Waals surface area (Å²) in [4.78, 5) is 0. The summed E-state index contributed by atoms with van der Waals surface area (Å²) in [5, 5.41) is 3.61. The summed E-state index contributed by atoms with van der Waals surface area (Å²) in [6, 6.07) is 0. The molecule has 1 rings (SSSR count). The maximum absolute atomic E-state index is 3.61. The van der Waals surface area contributed by atoms with Gasteiger partial charge in [0.1, 0.15) is 0 Å². The summed E-state index contributed by atoms with van der Waals surface area (Å²) in [5.41, 5.74) is 0. The molecule has 0 bridgehead atoms. The Morgan fingerprint density at radius 2 is 1.80 bits per heavy atom. The van der Waals surface area contributed by atoms with Gasteiger partial charge in [0.05, 0.1) is 0 Å². The van der Waals surface area contributed by atoms with Crippen LogP contribution in [0, 0.1) is 5.92 Å². The predicted octanol–water partition coefficient (Wildman–Crippen LogP) is 3.69. The minimum absolute atomic E-state index is 0.423. The van der Waals surface area contributed by atoms with Gasteiger partial charge in [-0.1, -0.05) is 40.0 Å². The summed E-state index contributed by atoms with van der Waals surface area (Å²) in [7, 11) is 0. The highest BCUT2D eigenvalue weighted by molar-refractivity contribution is 8.00. The van der Waals surface area contributed by atoms with Gasteiger partial charge in [0, 0.05) is 17.0 Å². The van der Waals surface area contributed by atoms with Crippen LogP contribution in [0.2, 0.25) is 0 Å². The topological polar surface area (TPSA) is 12.0 Å². The van der Waals surface area contributed by atoms with Gasteiger partial charge in [-0.05, 0) is 25.3 Å². The van der Waals surface area contributed by atoms with Crippen LogP contribution in [0.25, 0.3) is 0 Å². The average Bonchev–Trinajstić information content (AvgIpc) is 2.17. The van der Waals surface area contributed by atoms with Crippen LogP contribution in [-0.4, -0.2) is 23.6 Å². The van der Waals surface area contributed by atoms with E-state index in [-0.39, 0.29) is 0 Å². The lowest BCUT2D eigenvalue weighted by Gasteiger charge is -2.22. The summed E-state index contributed by atoms with van der Waals surface area (Å²) < 4.78 is 0.423. The van der Waals surface area contributed by atoms with Crippen LogP contribution in [-0.2, 0) is 0 Å². The van der Waals surface area contributed by atoms with Crippen molar-refractivity contribution >= 4 is 11.8 Å². The summed E-state index contributed by atoms with van der Waals surface area (Å²) in [5.74, 6) is 2.22. The minimum atomic E-state index is 0.423. The fourth-order valence-electron chi connectivity index (χ4n) is 2.13. The van der Waals surface area contributed by atoms with Crippen LogP contribution in [0.4, 0.5) is 0 Å². The lowest BCUT2D eigenvalue weighted by molar-refractivity contribution is 0.345. The van der Waals surface area contributed by atoms with E-state index in [1.807, 2.05) is 0 Å². The standard InChI is InChI=1S/C13H27NS/c1-13(2,3)15-10-9-14-11-12-7-5-4-6-8-12/h12,14H,4-11H2,1-3H3. The highest BCUT2D eigenvalue weighted by Gasteiger charge is 2.13. The molecule has 0 aromatic heterocycles. The number of thioether (sulfide) groups is 1. The van der Waals surface area contributed by atoms with Crippen LogP contribution in [0.15, 0.2) is 0 Å². The molecule has 1 N–H and O–H groups in total. The van der Waals surface area contributed by atoms with Crippen LogP contribution < -0.4 is 5.32 Å². The molecule has 0 spiro atoms. The molecule has 0 aliphatic heterocycles. The molecule has 0 radical (unpaired) electrons. The fourth-order valence-corrected chi connectivity index (χ4v) is 2.99. The lowest BCUT2D eigenvalue weighted by atomic mass is 9.89. The largest absolute Gasteiger partial charge is 0.316 e. The molecular weight excluding hydrogens is 202 g/mol. The number of rotatable bonds is 5.